The van der Waals surface area contributed by atoms with E-state index in [1.165, 1.54) is 0 Å². The highest BCUT2D eigenvalue weighted by Crippen LogP contribution is 2.26. The molecule has 0 aliphatic carbocycles. The summed E-state index contributed by atoms with van der Waals surface area (Å²) in [5, 5.41) is 15.5. The molecule has 4 aromatic rings. The Morgan fingerprint density at radius 1 is 1.08 bits per heavy atom. The highest BCUT2D eigenvalue weighted by atomic mass is 16.2. The number of hydrogen-bond donors (Lipinski definition) is 2. The lowest BCUT2D eigenvalue weighted by Gasteiger charge is -2.18. The average Bonchev–Trinajstić information content (AvgIpc) is 3.57. The van der Waals surface area contributed by atoms with Gasteiger partial charge in [0.15, 0.2) is 0 Å². The van der Waals surface area contributed by atoms with Crippen LogP contribution in [-0.4, -0.2) is 48.5 Å². The normalized spacial score (nSPS) is 12.8. The number of carbonyl (C=O) groups is 1. The van der Waals surface area contributed by atoms with Gasteiger partial charge in [-0.2, -0.15) is 5.26 Å². The summed E-state index contributed by atoms with van der Waals surface area (Å²) < 4.78 is 1.75. The van der Waals surface area contributed by atoms with Crippen LogP contribution >= 0.6 is 0 Å². The molecule has 11 nitrogen and oxygen atoms in total. The molecule has 0 radical (unpaired) electrons. The van der Waals surface area contributed by atoms with E-state index in [-0.39, 0.29) is 12.5 Å². The number of nitrogens with one attached hydrogen (secondary N) is 2. The molecule has 1 amide bonds. The van der Waals surface area contributed by atoms with Crippen LogP contribution in [0.1, 0.15) is 24.2 Å². The highest BCUT2D eigenvalue weighted by Gasteiger charge is 2.18. The van der Waals surface area contributed by atoms with Crippen LogP contribution in [0.25, 0.3) is 11.3 Å². The number of anilines is 4. The third-order valence-corrected chi connectivity index (χ3v) is 5.87. The van der Waals surface area contributed by atoms with E-state index < -0.39 is 0 Å². The summed E-state index contributed by atoms with van der Waals surface area (Å²) in [6.07, 6.45) is 10.6. The van der Waals surface area contributed by atoms with Gasteiger partial charge in [-0.1, -0.05) is 0 Å². The molecule has 11 heteroatoms. The molecule has 0 aromatic carbocycles. The first-order valence-electron chi connectivity index (χ1n) is 11.6. The summed E-state index contributed by atoms with van der Waals surface area (Å²) in [5.74, 6) is 2.11. The summed E-state index contributed by atoms with van der Waals surface area (Å²) >= 11 is 0. The fourth-order valence-corrected chi connectivity index (χ4v) is 4.02. The molecular weight excluding hydrogens is 456 g/mol. The first-order valence-corrected chi connectivity index (χ1v) is 11.6. The van der Waals surface area contributed by atoms with Gasteiger partial charge in [0.1, 0.15) is 30.1 Å². The maximum atomic E-state index is 12.3. The highest BCUT2D eigenvalue weighted by molar-refractivity contribution is 5.89. The lowest BCUT2D eigenvalue weighted by Crippen LogP contribution is -2.20. The molecule has 1 aliphatic rings. The predicted molar refractivity (Wildman–Crippen MR) is 135 cm³/mol. The van der Waals surface area contributed by atoms with E-state index in [1.54, 1.807) is 53.8 Å². The number of amides is 1. The fraction of sp³-hybridized carbons (Fsp3) is 0.240. The van der Waals surface area contributed by atoms with Gasteiger partial charge in [0.2, 0.25) is 11.9 Å². The summed E-state index contributed by atoms with van der Waals surface area (Å²) in [4.78, 5) is 36.2. The summed E-state index contributed by atoms with van der Waals surface area (Å²) in [6.45, 7) is 3.84. The van der Waals surface area contributed by atoms with Gasteiger partial charge in [-0.3, -0.25) is 4.79 Å². The monoisotopic (exact) mass is 480 g/mol. The largest absolute Gasteiger partial charge is 0.356 e. The zero-order valence-corrected chi connectivity index (χ0v) is 19.7. The molecular formula is C25H24N10O. The third-order valence-electron chi connectivity index (χ3n) is 5.87. The van der Waals surface area contributed by atoms with Crippen molar-refractivity contribution in [3.63, 3.8) is 0 Å². The molecule has 1 saturated heterocycles. The van der Waals surface area contributed by atoms with Crippen LogP contribution in [0.5, 0.6) is 0 Å². The Morgan fingerprint density at radius 3 is 2.67 bits per heavy atom. The number of rotatable bonds is 7. The lowest BCUT2D eigenvalue weighted by molar-refractivity contribution is -0.116. The molecule has 0 unspecified atom stereocenters. The molecule has 5 heterocycles. The topological polar surface area (TPSA) is 138 Å². The minimum absolute atomic E-state index is 0.162. The Balaban J connectivity index is 1.25. The summed E-state index contributed by atoms with van der Waals surface area (Å²) in [6, 6.07) is 9.34. The van der Waals surface area contributed by atoms with Crippen LogP contribution in [0.15, 0.2) is 55.2 Å². The summed E-state index contributed by atoms with van der Waals surface area (Å²) in [5.41, 5.74) is 2.59. The van der Waals surface area contributed by atoms with Crippen LogP contribution in [0, 0.1) is 18.3 Å². The van der Waals surface area contributed by atoms with Gasteiger partial charge in [0, 0.05) is 43.4 Å². The Bertz CT molecular complexity index is 1420. The molecule has 36 heavy (non-hydrogen) atoms. The molecule has 2 N–H and O–H groups in total. The third kappa shape index (κ3) is 5.12. The number of nitrogens with zero attached hydrogens (tertiary/aromatic N) is 8. The number of hydrogen-bond acceptors (Lipinski definition) is 9. The van der Waals surface area contributed by atoms with E-state index in [4.69, 9.17) is 0 Å². The minimum atomic E-state index is -0.193. The molecule has 0 saturated carbocycles. The number of aromatic nitrogens is 6. The zero-order chi connectivity index (χ0) is 24.9. The molecule has 4 aromatic heterocycles. The van der Waals surface area contributed by atoms with Crippen molar-refractivity contribution < 1.29 is 4.79 Å². The molecule has 0 spiro atoms. The number of pyridine rings is 2. The van der Waals surface area contributed by atoms with Crippen molar-refractivity contribution in [1.82, 2.24) is 29.5 Å². The fourth-order valence-electron chi connectivity index (χ4n) is 4.02. The summed E-state index contributed by atoms with van der Waals surface area (Å²) in [7, 11) is 0. The van der Waals surface area contributed by atoms with Gasteiger partial charge < -0.3 is 20.1 Å². The van der Waals surface area contributed by atoms with Gasteiger partial charge in [-0.25, -0.2) is 24.9 Å². The maximum absolute atomic E-state index is 12.3. The maximum Gasteiger partial charge on any atom is 0.245 e. The Kier molecular flexibility index (Phi) is 6.48. The molecule has 1 aliphatic heterocycles. The number of imidazole rings is 1. The predicted octanol–water partition coefficient (Wildman–Crippen LogP) is 3.29. The smallest absolute Gasteiger partial charge is 0.245 e. The van der Waals surface area contributed by atoms with Gasteiger partial charge in [-0.05, 0) is 44.0 Å². The lowest BCUT2D eigenvalue weighted by atomic mass is 10.1. The van der Waals surface area contributed by atoms with E-state index in [0.29, 0.717) is 28.7 Å². The van der Waals surface area contributed by atoms with Crippen molar-refractivity contribution in [2.24, 2.45) is 0 Å². The van der Waals surface area contributed by atoms with Crippen molar-refractivity contribution in [3.05, 3.63) is 66.6 Å². The van der Waals surface area contributed by atoms with Gasteiger partial charge in [0.05, 0.1) is 23.1 Å². The SMILES string of the molecule is Cc1nccn1CC(=O)Nc1ccc(Nc2nccc(-c3cnc(N4CCCC4)c(C#N)c3)n2)cn1. The van der Waals surface area contributed by atoms with Crippen molar-refractivity contribution in [3.8, 4) is 17.3 Å². The van der Waals surface area contributed by atoms with Crippen LogP contribution in [-0.2, 0) is 11.3 Å². The molecule has 0 atom stereocenters. The van der Waals surface area contributed by atoms with Gasteiger partial charge in [-0.15, -0.1) is 0 Å². The van der Waals surface area contributed by atoms with Crippen molar-refractivity contribution in [1.29, 1.82) is 5.26 Å². The molecule has 0 bridgehead atoms. The second-order valence-electron chi connectivity index (χ2n) is 8.37. The van der Waals surface area contributed by atoms with E-state index in [2.05, 4.69) is 46.5 Å². The van der Waals surface area contributed by atoms with Crippen LogP contribution in [0.2, 0.25) is 0 Å². The standard InChI is InChI=1S/C25H24N10O/c1-17-27-8-11-35(17)16-23(36)33-22-5-4-20(15-29-22)31-25-28-7-6-21(32-25)19-12-18(13-26)24(30-14-19)34-9-2-3-10-34/h4-8,11-12,14-15H,2-3,9-10,16H2,1H3,(H,28,31,32)(H,29,33,36). The van der Waals surface area contributed by atoms with Crippen LogP contribution in [0.3, 0.4) is 0 Å². The van der Waals surface area contributed by atoms with E-state index in [0.717, 1.165) is 43.1 Å². The number of nitriles is 1. The molecule has 1 fully saturated rings. The van der Waals surface area contributed by atoms with Crippen LogP contribution in [0.4, 0.5) is 23.3 Å². The first-order chi connectivity index (χ1) is 17.6. The van der Waals surface area contributed by atoms with Gasteiger partial charge in [0.25, 0.3) is 0 Å². The molecule has 5 rings (SSSR count). The quantitative estimate of drug-likeness (QED) is 0.408. The van der Waals surface area contributed by atoms with E-state index in [9.17, 15) is 10.1 Å². The minimum Gasteiger partial charge on any atom is -0.356 e. The van der Waals surface area contributed by atoms with E-state index in [1.807, 2.05) is 13.0 Å². The number of aryl methyl sites for hydroxylation is 1. The van der Waals surface area contributed by atoms with Crippen molar-refractivity contribution in [2.45, 2.75) is 26.3 Å². The van der Waals surface area contributed by atoms with Crippen LogP contribution < -0.4 is 15.5 Å². The second kappa shape index (κ2) is 10.2. The Morgan fingerprint density at radius 2 is 1.94 bits per heavy atom. The number of carbonyl (C=O) groups excluding carboxylic acids is 1. The zero-order valence-electron chi connectivity index (χ0n) is 19.7. The van der Waals surface area contributed by atoms with Crippen molar-refractivity contribution in [2.75, 3.05) is 28.6 Å². The van der Waals surface area contributed by atoms with Crippen molar-refractivity contribution >= 4 is 29.2 Å². The van der Waals surface area contributed by atoms with E-state index >= 15 is 0 Å². The Labute approximate surface area is 207 Å². The molecule has 180 valence electrons. The van der Waals surface area contributed by atoms with Gasteiger partial charge >= 0.3 is 0 Å². The Hall–Kier alpha value is -4.85. The second-order valence-corrected chi connectivity index (χ2v) is 8.37. The average molecular weight is 481 g/mol. The first kappa shape index (κ1) is 22.9.